The van der Waals surface area contributed by atoms with Crippen LogP contribution in [0.3, 0.4) is 0 Å². The molecule has 10 nitrogen and oxygen atoms in total. The molecular weight excluding hydrogens is 1160 g/mol. The summed E-state index contributed by atoms with van der Waals surface area (Å²) >= 11 is 29.0. The van der Waals surface area contributed by atoms with Gasteiger partial charge in [0.25, 0.3) is 0 Å². The van der Waals surface area contributed by atoms with Gasteiger partial charge < -0.3 is 16.6 Å². The van der Waals surface area contributed by atoms with Crippen LogP contribution in [0.2, 0.25) is 20.1 Å². The molecule has 2 aromatic heterocycles. The first-order chi connectivity index (χ1) is 23.2. The van der Waals surface area contributed by atoms with Gasteiger partial charge in [-0.1, -0.05) is 46.4 Å². The standard InChI is InChI=1S/C12H7Cl2F3N4OS.C12H7Cl2F3N4S.C2H6O.I2.HI/c1-23(22)10-8(4-18)20-21(11(10)19)9-6(13)2-5(3-7(9)14)12(15,16)17;1-22-10-8(4-18)20-21(11(10)19)9-6(13)2-5(3-7(9)14)12(15,16)17;1-2-3;1-2;/h2-3H,19H2,1H3;2-3H,19H2,1H3;3H,2H2,1H3;;1H. The van der Waals surface area contributed by atoms with Crippen LogP contribution in [-0.4, -0.2) is 48.0 Å². The zero-order valence-corrected chi connectivity index (χ0v) is 36.8. The normalized spacial score (nSPS) is 11.3. The first-order valence-corrected chi connectivity index (χ1v) is 23.1. The van der Waals surface area contributed by atoms with Gasteiger partial charge in [-0.25, -0.2) is 9.36 Å². The number of nitrogens with two attached hydrogens (primary N) is 2. The van der Waals surface area contributed by atoms with Crippen LogP contribution in [0.15, 0.2) is 34.1 Å². The number of halogens is 13. The van der Waals surface area contributed by atoms with Crippen molar-refractivity contribution in [2.75, 3.05) is 30.6 Å². The number of aliphatic hydroxyl groups is 1. The quantitative estimate of drug-likeness (QED) is 0.102. The van der Waals surface area contributed by atoms with Crippen molar-refractivity contribution in [3.05, 3.63) is 66.9 Å². The molecule has 1 unspecified atom stereocenters. The van der Waals surface area contributed by atoms with E-state index >= 15 is 0 Å². The molecule has 0 aliphatic carbocycles. The molecule has 0 fully saturated rings. The lowest BCUT2D eigenvalue weighted by Crippen LogP contribution is -2.09. The highest BCUT2D eigenvalue weighted by atomic mass is 128. The molecule has 4 rings (SSSR count). The lowest BCUT2D eigenvalue weighted by molar-refractivity contribution is -0.138. The molecule has 0 bridgehead atoms. The number of thioether (sulfide) groups is 1. The zero-order valence-electron chi connectivity index (χ0n) is 25.5. The van der Waals surface area contributed by atoms with Crippen LogP contribution in [0, 0.1) is 22.7 Å². The van der Waals surface area contributed by atoms with Gasteiger partial charge in [0.05, 0.1) is 46.9 Å². The molecular formula is C26H21Cl4F6I3N8O2S2. The van der Waals surface area contributed by atoms with Gasteiger partial charge in [-0.3, -0.25) is 4.21 Å². The molecule has 280 valence electrons. The maximum absolute atomic E-state index is 12.7. The van der Waals surface area contributed by atoms with Crippen molar-refractivity contribution in [3.63, 3.8) is 0 Å². The van der Waals surface area contributed by atoms with Gasteiger partial charge in [-0.15, -0.1) is 35.7 Å². The smallest absolute Gasteiger partial charge is 0.397 e. The summed E-state index contributed by atoms with van der Waals surface area (Å²) in [7, 11) is -1.63. The Morgan fingerprint density at radius 3 is 1.39 bits per heavy atom. The molecule has 2 aromatic carbocycles. The van der Waals surface area contributed by atoms with Crippen LogP contribution in [0.4, 0.5) is 38.0 Å². The van der Waals surface area contributed by atoms with Crippen LogP contribution >= 0.6 is 119 Å². The van der Waals surface area contributed by atoms with Gasteiger partial charge in [0.1, 0.15) is 40.0 Å². The van der Waals surface area contributed by atoms with Crippen molar-refractivity contribution in [2.45, 2.75) is 29.1 Å². The van der Waals surface area contributed by atoms with Crippen molar-refractivity contribution in [1.29, 1.82) is 10.5 Å². The summed E-state index contributed by atoms with van der Waals surface area (Å²) in [4.78, 5) is 0.356. The monoisotopic (exact) mass is 1180 g/mol. The fourth-order valence-corrected chi connectivity index (χ4v) is 6.28. The van der Waals surface area contributed by atoms with Gasteiger partial charge in [0.2, 0.25) is 0 Å². The predicted molar refractivity (Wildman–Crippen MR) is 216 cm³/mol. The van der Waals surface area contributed by atoms with E-state index in [-0.39, 0.29) is 90.0 Å². The number of nitrogens with zero attached hydrogens (tertiary/aromatic N) is 6. The molecule has 0 spiro atoms. The number of hydrogen-bond acceptors (Lipinski definition) is 9. The number of aromatic nitrogens is 4. The molecule has 25 heteroatoms. The van der Waals surface area contributed by atoms with Crippen LogP contribution in [-0.2, 0) is 23.2 Å². The number of anilines is 2. The first-order valence-electron chi connectivity index (χ1n) is 12.5. The predicted octanol–water partition coefficient (Wildman–Crippen LogP) is 10.2. The lowest BCUT2D eigenvalue weighted by Gasteiger charge is -2.13. The summed E-state index contributed by atoms with van der Waals surface area (Å²) in [6.07, 6.45) is -6.23. The summed E-state index contributed by atoms with van der Waals surface area (Å²) < 4.78 is 90.0. The molecule has 4 aromatic rings. The molecule has 0 aliphatic rings. The minimum atomic E-state index is -4.63. The van der Waals surface area contributed by atoms with Gasteiger partial charge in [-0.2, -0.15) is 47.1 Å². The summed E-state index contributed by atoms with van der Waals surface area (Å²) in [5, 5.41) is 32.1. The highest BCUT2D eigenvalue weighted by Crippen LogP contribution is 2.41. The topological polar surface area (TPSA) is 173 Å². The van der Waals surface area contributed by atoms with E-state index in [0.29, 0.717) is 17.0 Å². The van der Waals surface area contributed by atoms with Crippen LogP contribution < -0.4 is 11.5 Å². The molecule has 5 N–H and O–H groups in total. The molecule has 2 heterocycles. The van der Waals surface area contributed by atoms with Crippen LogP contribution in [0.25, 0.3) is 11.4 Å². The maximum Gasteiger partial charge on any atom is 0.416 e. The van der Waals surface area contributed by atoms with E-state index in [1.807, 2.05) is 6.07 Å². The Labute approximate surface area is 353 Å². The average molecular weight is 1180 g/mol. The number of nitrogen functional groups attached to an aromatic ring is 2. The number of benzene rings is 2. The molecule has 51 heavy (non-hydrogen) atoms. The fourth-order valence-electron chi connectivity index (χ4n) is 3.67. The van der Waals surface area contributed by atoms with E-state index < -0.39 is 34.3 Å². The summed E-state index contributed by atoms with van der Waals surface area (Å²) in [6, 6.07) is 6.36. The minimum absolute atomic E-state index is 0. The Morgan fingerprint density at radius 1 is 0.843 bits per heavy atom. The van der Waals surface area contributed by atoms with E-state index in [1.165, 1.54) is 18.0 Å². The lowest BCUT2D eigenvalue weighted by atomic mass is 10.2. The van der Waals surface area contributed by atoms with Gasteiger partial charge in [0, 0.05) is 50.1 Å². The van der Waals surface area contributed by atoms with Crippen molar-refractivity contribution in [3.8, 4) is 23.5 Å². The van der Waals surface area contributed by atoms with Crippen molar-refractivity contribution in [2.24, 2.45) is 0 Å². The fraction of sp³-hybridized carbons (Fsp3) is 0.231. The second-order valence-corrected chi connectivity index (χ2v) is 12.5. The molecule has 1 atom stereocenters. The third-order valence-electron chi connectivity index (χ3n) is 5.57. The van der Waals surface area contributed by atoms with E-state index in [2.05, 4.69) is 47.4 Å². The molecule has 0 radical (unpaired) electrons. The van der Waals surface area contributed by atoms with Gasteiger partial charge in [-0.05, 0) is 37.4 Å². The van der Waals surface area contributed by atoms with Gasteiger partial charge in [0.15, 0.2) is 11.4 Å². The van der Waals surface area contributed by atoms with Crippen molar-refractivity contribution < 1.29 is 35.7 Å². The van der Waals surface area contributed by atoms with Crippen molar-refractivity contribution in [1.82, 2.24) is 19.6 Å². The van der Waals surface area contributed by atoms with Crippen LogP contribution in [0.5, 0.6) is 0 Å². The van der Waals surface area contributed by atoms with E-state index in [0.717, 1.165) is 21.5 Å². The highest BCUT2D eigenvalue weighted by molar-refractivity contribution is 15.0. The van der Waals surface area contributed by atoms with Crippen molar-refractivity contribution >= 4 is 142 Å². The van der Waals surface area contributed by atoms with E-state index in [1.54, 1.807) is 19.2 Å². The number of hydrogen-bond donors (Lipinski definition) is 3. The summed E-state index contributed by atoms with van der Waals surface area (Å²) in [5.41, 5.74) is 9.31. The molecule has 0 aliphatic heterocycles. The maximum atomic E-state index is 12.7. The average Bonchev–Trinajstić information content (AvgIpc) is 3.52. The molecule has 0 saturated carbocycles. The SMILES string of the molecule is CCO.CS(=O)c1c(C#N)nn(-c2c(Cl)cc(C(F)(F)F)cc2Cl)c1N.CSc1c(C#N)nn(-c2c(Cl)cc(C(F)(F)F)cc2Cl)c1N.I.II. The number of alkyl halides is 6. The number of nitriles is 2. The number of aliphatic hydroxyl groups excluding tert-OH is 1. The highest BCUT2D eigenvalue weighted by Gasteiger charge is 2.34. The first kappa shape index (κ1) is 49.8. The summed E-state index contributed by atoms with van der Waals surface area (Å²) in [5.74, 6) is -0.112. The zero-order chi connectivity index (χ0) is 38.9. The third-order valence-corrected chi connectivity index (χ3v) is 8.51. The Balaban J connectivity index is 0.000000856. The van der Waals surface area contributed by atoms with E-state index in [4.69, 9.17) is 73.5 Å². The molecule has 0 amide bonds. The second kappa shape index (κ2) is 21.7. The van der Waals surface area contributed by atoms with Crippen LogP contribution in [0.1, 0.15) is 29.4 Å². The van der Waals surface area contributed by atoms with E-state index in [9.17, 15) is 30.6 Å². The summed E-state index contributed by atoms with van der Waals surface area (Å²) in [6.45, 7) is 1.93. The Kier molecular flexibility index (Phi) is 21.2. The second-order valence-electron chi connectivity index (χ2n) is 8.72. The van der Waals surface area contributed by atoms with Gasteiger partial charge >= 0.3 is 12.4 Å². The third kappa shape index (κ3) is 12.4. The minimum Gasteiger partial charge on any atom is -0.397 e. The Bertz CT molecular complexity index is 1910. The molecule has 0 saturated heterocycles. The number of rotatable bonds is 4. The largest absolute Gasteiger partial charge is 0.416 e. The Hall–Kier alpha value is -1.17. The Morgan fingerprint density at radius 2 is 1.16 bits per heavy atom.